The van der Waals surface area contributed by atoms with Crippen LogP contribution in [-0.2, 0) is 6.54 Å². The van der Waals surface area contributed by atoms with Gasteiger partial charge in [0.25, 0.3) is 5.69 Å². The molecule has 94 valence electrons. The molecule has 0 atom stereocenters. The summed E-state index contributed by atoms with van der Waals surface area (Å²) in [6.45, 7) is 0.606. The van der Waals surface area contributed by atoms with E-state index >= 15 is 0 Å². The van der Waals surface area contributed by atoms with Gasteiger partial charge in [-0.25, -0.2) is 4.68 Å². The highest BCUT2D eigenvalue weighted by atomic mass is 35.5. The van der Waals surface area contributed by atoms with Gasteiger partial charge in [0.1, 0.15) is 5.69 Å². The SMILES string of the molecule is CNCc1ccn(-c2ccc(Cl)cc2[N+](=O)[O-])n1. The molecule has 18 heavy (non-hydrogen) atoms. The van der Waals surface area contributed by atoms with Crippen LogP contribution in [0.1, 0.15) is 5.69 Å². The quantitative estimate of drug-likeness (QED) is 0.680. The van der Waals surface area contributed by atoms with Crippen molar-refractivity contribution in [1.29, 1.82) is 0 Å². The van der Waals surface area contributed by atoms with Crippen LogP contribution >= 0.6 is 11.6 Å². The van der Waals surface area contributed by atoms with Gasteiger partial charge in [0.15, 0.2) is 0 Å². The zero-order chi connectivity index (χ0) is 13.1. The van der Waals surface area contributed by atoms with E-state index in [0.717, 1.165) is 5.69 Å². The van der Waals surface area contributed by atoms with Crippen molar-refractivity contribution in [3.8, 4) is 5.69 Å². The number of halogens is 1. The lowest BCUT2D eigenvalue weighted by Gasteiger charge is -2.03. The smallest absolute Gasteiger partial charge is 0.296 e. The van der Waals surface area contributed by atoms with Crippen LogP contribution in [-0.4, -0.2) is 21.8 Å². The average Bonchev–Trinajstić information content (AvgIpc) is 2.78. The van der Waals surface area contributed by atoms with Crippen LogP contribution in [0.15, 0.2) is 30.5 Å². The van der Waals surface area contributed by atoms with Gasteiger partial charge >= 0.3 is 0 Å². The van der Waals surface area contributed by atoms with Gasteiger partial charge < -0.3 is 5.32 Å². The fraction of sp³-hybridized carbons (Fsp3) is 0.182. The Hall–Kier alpha value is -1.92. The number of hydrogen-bond acceptors (Lipinski definition) is 4. The summed E-state index contributed by atoms with van der Waals surface area (Å²) in [5.74, 6) is 0. The largest absolute Gasteiger partial charge is 0.314 e. The molecule has 0 amide bonds. The number of nitrogens with zero attached hydrogens (tertiary/aromatic N) is 3. The van der Waals surface area contributed by atoms with Crippen molar-refractivity contribution in [2.75, 3.05) is 7.05 Å². The highest BCUT2D eigenvalue weighted by Crippen LogP contribution is 2.26. The van der Waals surface area contributed by atoms with E-state index in [-0.39, 0.29) is 5.69 Å². The molecule has 2 aromatic rings. The van der Waals surface area contributed by atoms with E-state index in [2.05, 4.69) is 10.4 Å². The first kappa shape index (κ1) is 12.5. The van der Waals surface area contributed by atoms with E-state index in [4.69, 9.17) is 11.6 Å². The molecule has 7 heteroatoms. The molecule has 1 heterocycles. The molecular formula is C11H11ClN4O2. The maximum Gasteiger partial charge on any atom is 0.296 e. The molecule has 0 aliphatic carbocycles. The number of rotatable bonds is 4. The lowest BCUT2D eigenvalue weighted by atomic mass is 10.3. The van der Waals surface area contributed by atoms with E-state index in [1.807, 2.05) is 7.05 Å². The van der Waals surface area contributed by atoms with E-state index in [0.29, 0.717) is 17.3 Å². The number of nitro groups is 1. The second-order valence-electron chi connectivity index (χ2n) is 3.67. The second-order valence-corrected chi connectivity index (χ2v) is 4.11. The van der Waals surface area contributed by atoms with Crippen LogP contribution in [0.2, 0.25) is 5.02 Å². The first-order valence-corrected chi connectivity index (χ1v) is 5.63. The highest BCUT2D eigenvalue weighted by molar-refractivity contribution is 6.30. The van der Waals surface area contributed by atoms with Crippen molar-refractivity contribution in [2.45, 2.75) is 6.54 Å². The topological polar surface area (TPSA) is 73.0 Å². The summed E-state index contributed by atoms with van der Waals surface area (Å²) in [7, 11) is 1.81. The summed E-state index contributed by atoms with van der Waals surface area (Å²) in [4.78, 5) is 10.5. The lowest BCUT2D eigenvalue weighted by molar-refractivity contribution is -0.384. The molecule has 0 radical (unpaired) electrons. The van der Waals surface area contributed by atoms with Crippen LogP contribution in [0.25, 0.3) is 5.69 Å². The molecule has 0 saturated heterocycles. The summed E-state index contributed by atoms with van der Waals surface area (Å²) in [5.41, 5.74) is 1.13. The molecule has 0 unspecified atom stereocenters. The van der Waals surface area contributed by atoms with E-state index < -0.39 is 4.92 Å². The van der Waals surface area contributed by atoms with Gasteiger partial charge in [-0.15, -0.1) is 0 Å². The number of nitro benzene ring substituents is 1. The van der Waals surface area contributed by atoms with Crippen molar-refractivity contribution < 1.29 is 4.92 Å². The average molecular weight is 267 g/mol. The van der Waals surface area contributed by atoms with Gasteiger partial charge in [-0.2, -0.15) is 5.10 Å². The molecule has 0 aliphatic heterocycles. The molecule has 6 nitrogen and oxygen atoms in total. The van der Waals surface area contributed by atoms with Gasteiger partial charge in [0, 0.05) is 23.8 Å². The Labute approximate surface area is 108 Å². The van der Waals surface area contributed by atoms with E-state index in [1.54, 1.807) is 24.4 Å². The fourth-order valence-electron chi connectivity index (χ4n) is 1.61. The van der Waals surface area contributed by atoms with Gasteiger partial charge in [0.2, 0.25) is 0 Å². The Bertz CT molecular complexity index is 582. The first-order valence-electron chi connectivity index (χ1n) is 5.25. The molecule has 1 aromatic carbocycles. The summed E-state index contributed by atoms with van der Waals surface area (Å²) in [6.07, 6.45) is 1.68. The van der Waals surface area contributed by atoms with Gasteiger partial charge in [-0.1, -0.05) is 11.6 Å². The third-order valence-corrected chi connectivity index (χ3v) is 2.62. The lowest BCUT2D eigenvalue weighted by Crippen LogP contribution is -2.07. The third-order valence-electron chi connectivity index (χ3n) is 2.38. The second kappa shape index (κ2) is 5.16. The van der Waals surface area contributed by atoms with Crippen molar-refractivity contribution >= 4 is 17.3 Å². The minimum Gasteiger partial charge on any atom is -0.314 e. The van der Waals surface area contributed by atoms with Crippen LogP contribution < -0.4 is 5.32 Å². The summed E-state index contributed by atoms with van der Waals surface area (Å²) in [5, 5.41) is 18.5. The number of benzene rings is 1. The molecule has 0 aliphatic rings. The minimum absolute atomic E-state index is 0.0680. The zero-order valence-electron chi connectivity index (χ0n) is 9.63. The van der Waals surface area contributed by atoms with Crippen LogP contribution in [0.4, 0.5) is 5.69 Å². The number of aromatic nitrogens is 2. The Morgan fingerprint density at radius 3 is 2.94 bits per heavy atom. The Morgan fingerprint density at radius 1 is 1.50 bits per heavy atom. The van der Waals surface area contributed by atoms with Crippen molar-refractivity contribution in [2.24, 2.45) is 0 Å². The number of nitrogens with one attached hydrogen (secondary N) is 1. The summed E-state index contributed by atoms with van der Waals surface area (Å²) >= 11 is 5.76. The summed E-state index contributed by atoms with van der Waals surface area (Å²) < 4.78 is 1.47. The molecule has 1 aromatic heterocycles. The monoisotopic (exact) mass is 266 g/mol. The molecule has 0 saturated carbocycles. The van der Waals surface area contributed by atoms with Gasteiger partial charge in [-0.05, 0) is 25.2 Å². The Kier molecular flexibility index (Phi) is 3.59. The molecular weight excluding hydrogens is 256 g/mol. The molecule has 0 fully saturated rings. The van der Waals surface area contributed by atoms with Crippen LogP contribution in [0.3, 0.4) is 0 Å². The predicted octanol–water partition coefficient (Wildman–Crippen LogP) is 2.15. The van der Waals surface area contributed by atoms with Crippen molar-refractivity contribution in [1.82, 2.24) is 15.1 Å². The van der Waals surface area contributed by atoms with E-state index in [1.165, 1.54) is 10.7 Å². The number of hydrogen-bond donors (Lipinski definition) is 1. The molecule has 2 rings (SSSR count). The Morgan fingerprint density at radius 2 is 2.28 bits per heavy atom. The standard InChI is InChI=1S/C11H11ClN4O2/c1-13-7-9-4-5-15(14-9)10-3-2-8(12)6-11(10)16(17)18/h2-6,13H,7H2,1H3. The van der Waals surface area contributed by atoms with Crippen molar-refractivity contribution in [3.63, 3.8) is 0 Å². The fourth-order valence-corrected chi connectivity index (χ4v) is 1.77. The highest BCUT2D eigenvalue weighted by Gasteiger charge is 2.16. The van der Waals surface area contributed by atoms with Crippen molar-refractivity contribution in [3.05, 3.63) is 51.3 Å². The van der Waals surface area contributed by atoms with Crippen LogP contribution in [0.5, 0.6) is 0 Å². The predicted molar refractivity (Wildman–Crippen MR) is 68.0 cm³/mol. The zero-order valence-corrected chi connectivity index (χ0v) is 10.4. The third kappa shape index (κ3) is 2.49. The molecule has 0 spiro atoms. The maximum absolute atomic E-state index is 11.0. The first-order chi connectivity index (χ1) is 8.61. The van der Waals surface area contributed by atoms with Gasteiger partial charge in [0.05, 0.1) is 10.6 Å². The summed E-state index contributed by atoms with van der Waals surface area (Å²) in [6, 6.07) is 6.30. The maximum atomic E-state index is 11.0. The van der Waals surface area contributed by atoms with Gasteiger partial charge in [-0.3, -0.25) is 10.1 Å². The van der Waals surface area contributed by atoms with Crippen LogP contribution in [0, 0.1) is 10.1 Å². The minimum atomic E-state index is -0.472. The normalized spacial score (nSPS) is 10.6. The Balaban J connectivity index is 2.45. The molecule has 1 N–H and O–H groups in total. The molecule has 0 bridgehead atoms. The van der Waals surface area contributed by atoms with E-state index in [9.17, 15) is 10.1 Å².